The Kier molecular flexibility index (Phi) is 2.97. The van der Waals surface area contributed by atoms with Gasteiger partial charge in [0, 0.05) is 18.0 Å². The average molecular weight is 261 g/mol. The summed E-state index contributed by atoms with van der Waals surface area (Å²) in [6.07, 6.45) is 3.43. The van der Waals surface area contributed by atoms with Crippen molar-refractivity contribution in [1.29, 1.82) is 0 Å². The van der Waals surface area contributed by atoms with Gasteiger partial charge in [0.1, 0.15) is 5.60 Å². The van der Waals surface area contributed by atoms with Crippen molar-refractivity contribution in [2.45, 2.75) is 43.7 Å². The molecular weight excluding hydrogens is 238 g/mol. The van der Waals surface area contributed by atoms with Crippen molar-refractivity contribution in [1.82, 2.24) is 4.90 Å². The van der Waals surface area contributed by atoms with Crippen molar-refractivity contribution in [2.24, 2.45) is 0 Å². The Morgan fingerprint density at radius 2 is 2.11 bits per heavy atom. The largest absolute Gasteiger partial charge is 0.493 e. The Morgan fingerprint density at radius 1 is 1.32 bits per heavy atom. The molecule has 3 nitrogen and oxygen atoms in total. The predicted molar refractivity (Wildman–Crippen MR) is 76.1 cm³/mol. The van der Waals surface area contributed by atoms with E-state index in [4.69, 9.17) is 9.47 Å². The van der Waals surface area contributed by atoms with E-state index in [1.807, 2.05) is 6.07 Å². The molecule has 0 spiro atoms. The molecule has 0 saturated heterocycles. The lowest BCUT2D eigenvalue weighted by atomic mass is 9.71. The van der Waals surface area contributed by atoms with Gasteiger partial charge in [0.15, 0.2) is 11.5 Å². The molecule has 0 N–H and O–H groups in total. The molecule has 3 heteroatoms. The van der Waals surface area contributed by atoms with Gasteiger partial charge in [-0.15, -0.1) is 0 Å². The first-order chi connectivity index (χ1) is 9.02. The topological polar surface area (TPSA) is 21.7 Å². The van der Waals surface area contributed by atoms with E-state index in [2.05, 4.69) is 38.1 Å². The molecule has 1 aliphatic carbocycles. The average Bonchev–Trinajstić information content (AvgIpc) is 2.36. The minimum Gasteiger partial charge on any atom is -0.493 e. The van der Waals surface area contributed by atoms with Crippen molar-refractivity contribution in [3.63, 3.8) is 0 Å². The molecule has 2 unspecified atom stereocenters. The number of ether oxygens (including phenoxy) is 2. The molecule has 1 aliphatic heterocycles. The minimum atomic E-state index is -0.0561. The van der Waals surface area contributed by atoms with Crippen LogP contribution in [-0.4, -0.2) is 37.7 Å². The number of rotatable bonds is 2. The van der Waals surface area contributed by atoms with Gasteiger partial charge in [0.25, 0.3) is 0 Å². The van der Waals surface area contributed by atoms with E-state index in [1.165, 1.54) is 12.0 Å². The van der Waals surface area contributed by atoms with Crippen molar-refractivity contribution in [2.75, 3.05) is 21.2 Å². The normalized spacial score (nSPS) is 32.7. The van der Waals surface area contributed by atoms with E-state index in [1.54, 1.807) is 7.11 Å². The summed E-state index contributed by atoms with van der Waals surface area (Å²) in [4.78, 5) is 2.33. The molecule has 1 fully saturated rings. The number of hydrogen-bond donors (Lipinski definition) is 0. The van der Waals surface area contributed by atoms with Crippen LogP contribution in [0, 0.1) is 0 Å². The summed E-state index contributed by atoms with van der Waals surface area (Å²) < 4.78 is 11.8. The Balaban J connectivity index is 2.02. The fourth-order valence-corrected chi connectivity index (χ4v) is 3.68. The summed E-state index contributed by atoms with van der Waals surface area (Å²) in [5.41, 5.74) is 1.27. The Morgan fingerprint density at radius 3 is 2.79 bits per heavy atom. The predicted octanol–water partition coefficient (Wildman–Crippen LogP) is 3.04. The van der Waals surface area contributed by atoms with Crippen molar-refractivity contribution < 1.29 is 9.47 Å². The van der Waals surface area contributed by atoms with Crippen LogP contribution >= 0.6 is 0 Å². The van der Waals surface area contributed by atoms with Gasteiger partial charge >= 0.3 is 0 Å². The van der Waals surface area contributed by atoms with Crippen LogP contribution in [0.1, 0.15) is 37.7 Å². The highest BCUT2D eigenvalue weighted by Crippen LogP contribution is 2.52. The smallest absolute Gasteiger partial charge is 0.165 e. The first kappa shape index (κ1) is 12.8. The number of methoxy groups -OCH3 is 1. The quantitative estimate of drug-likeness (QED) is 0.816. The zero-order chi connectivity index (χ0) is 13.6. The Bertz CT molecular complexity index is 486. The molecule has 1 aromatic carbocycles. The first-order valence-corrected chi connectivity index (χ1v) is 7.05. The molecule has 1 heterocycles. The van der Waals surface area contributed by atoms with Crippen LogP contribution in [0.3, 0.4) is 0 Å². The highest BCUT2D eigenvalue weighted by molar-refractivity contribution is 5.50. The summed E-state index contributed by atoms with van der Waals surface area (Å²) in [6.45, 7) is 2.24. The van der Waals surface area contributed by atoms with Crippen LogP contribution in [0.25, 0.3) is 0 Å². The van der Waals surface area contributed by atoms with E-state index in [9.17, 15) is 0 Å². The summed E-state index contributed by atoms with van der Waals surface area (Å²) >= 11 is 0. The summed E-state index contributed by atoms with van der Waals surface area (Å²) in [7, 11) is 6.05. The number of para-hydroxylation sites is 1. The molecule has 19 heavy (non-hydrogen) atoms. The van der Waals surface area contributed by atoms with Crippen LogP contribution in [0.5, 0.6) is 11.5 Å². The molecule has 2 bridgehead atoms. The fraction of sp³-hybridized carbons (Fsp3) is 0.625. The van der Waals surface area contributed by atoms with Crippen LogP contribution in [0.15, 0.2) is 18.2 Å². The van der Waals surface area contributed by atoms with E-state index >= 15 is 0 Å². The molecule has 3 atom stereocenters. The van der Waals surface area contributed by atoms with E-state index in [0.29, 0.717) is 12.0 Å². The molecular formula is C16H23NO2. The maximum atomic E-state index is 6.34. The van der Waals surface area contributed by atoms with Gasteiger partial charge in [-0.05, 0) is 45.8 Å². The third kappa shape index (κ3) is 2.10. The molecule has 1 aromatic rings. The van der Waals surface area contributed by atoms with Gasteiger partial charge in [-0.3, -0.25) is 0 Å². The van der Waals surface area contributed by atoms with Gasteiger partial charge in [0.05, 0.1) is 7.11 Å². The lowest BCUT2D eigenvalue weighted by Gasteiger charge is -2.48. The molecule has 3 rings (SSSR count). The second kappa shape index (κ2) is 4.41. The molecule has 1 saturated carbocycles. The number of nitrogens with zero attached hydrogens (tertiary/aromatic N) is 1. The zero-order valence-electron chi connectivity index (χ0n) is 12.3. The SMILES string of the molecule is COc1cccc2c1OC1(C)CC2C[C@H](N(C)C)C1. The second-order valence-electron chi connectivity index (χ2n) is 6.39. The van der Waals surface area contributed by atoms with Crippen LogP contribution in [0.2, 0.25) is 0 Å². The van der Waals surface area contributed by atoms with Crippen LogP contribution in [0.4, 0.5) is 0 Å². The highest BCUT2D eigenvalue weighted by atomic mass is 16.5. The van der Waals surface area contributed by atoms with Gasteiger partial charge < -0.3 is 14.4 Å². The molecule has 104 valence electrons. The van der Waals surface area contributed by atoms with E-state index in [-0.39, 0.29) is 5.60 Å². The zero-order valence-corrected chi connectivity index (χ0v) is 12.3. The van der Waals surface area contributed by atoms with Gasteiger partial charge in [-0.25, -0.2) is 0 Å². The van der Waals surface area contributed by atoms with Crippen molar-refractivity contribution in [3.05, 3.63) is 23.8 Å². The summed E-state index contributed by atoms with van der Waals surface area (Å²) in [5, 5.41) is 0. The molecule has 0 aromatic heterocycles. The maximum Gasteiger partial charge on any atom is 0.165 e. The van der Waals surface area contributed by atoms with Gasteiger partial charge in [-0.1, -0.05) is 12.1 Å². The highest BCUT2D eigenvalue weighted by Gasteiger charge is 2.45. The lowest BCUT2D eigenvalue weighted by Crippen LogP contribution is -2.49. The number of benzene rings is 1. The molecule has 0 amide bonds. The maximum absolute atomic E-state index is 6.34. The number of hydrogen-bond acceptors (Lipinski definition) is 3. The summed E-state index contributed by atoms with van der Waals surface area (Å²) in [6, 6.07) is 6.86. The molecule has 2 aliphatic rings. The van der Waals surface area contributed by atoms with Crippen molar-refractivity contribution >= 4 is 0 Å². The second-order valence-corrected chi connectivity index (χ2v) is 6.39. The Hall–Kier alpha value is -1.22. The van der Waals surface area contributed by atoms with Crippen LogP contribution in [-0.2, 0) is 0 Å². The van der Waals surface area contributed by atoms with Gasteiger partial charge in [0.2, 0.25) is 0 Å². The minimum absolute atomic E-state index is 0.0561. The van der Waals surface area contributed by atoms with Crippen LogP contribution < -0.4 is 9.47 Å². The van der Waals surface area contributed by atoms with E-state index < -0.39 is 0 Å². The Labute approximate surface area is 115 Å². The third-order valence-electron chi connectivity index (χ3n) is 4.65. The number of fused-ring (bicyclic) bond motifs is 4. The third-order valence-corrected chi connectivity index (χ3v) is 4.65. The van der Waals surface area contributed by atoms with E-state index in [0.717, 1.165) is 24.3 Å². The van der Waals surface area contributed by atoms with Gasteiger partial charge in [-0.2, -0.15) is 0 Å². The lowest BCUT2D eigenvalue weighted by molar-refractivity contribution is -0.0126. The summed E-state index contributed by atoms with van der Waals surface area (Å²) in [5.74, 6) is 2.43. The fourth-order valence-electron chi connectivity index (χ4n) is 3.68. The molecule has 0 radical (unpaired) electrons. The van der Waals surface area contributed by atoms with Crippen molar-refractivity contribution in [3.8, 4) is 11.5 Å². The first-order valence-electron chi connectivity index (χ1n) is 7.05. The standard InChI is InChI=1S/C16H23NO2/c1-16-9-11(8-12(10-16)17(2)3)13-6-5-7-14(18-4)15(13)19-16/h5-7,11-12H,8-10H2,1-4H3/t11?,12-,16?/m0/s1. The monoisotopic (exact) mass is 261 g/mol.